The number of nitrogens with one attached hydrogen (secondary N) is 2. The van der Waals surface area contributed by atoms with E-state index >= 15 is 0 Å². The van der Waals surface area contributed by atoms with E-state index in [0.717, 1.165) is 5.75 Å². The zero-order valence-electron chi connectivity index (χ0n) is 15.3. The van der Waals surface area contributed by atoms with Crippen molar-refractivity contribution in [2.24, 2.45) is 0 Å². The fraction of sp³-hybridized carbons (Fsp3) is 0.0909. The Morgan fingerprint density at radius 1 is 0.786 bits per heavy atom. The fourth-order valence-corrected chi connectivity index (χ4v) is 2.51. The molecule has 142 valence electrons. The van der Waals surface area contributed by atoms with E-state index in [4.69, 9.17) is 9.47 Å². The van der Waals surface area contributed by atoms with Gasteiger partial charge in [-0.2, -0.15) is 0 Å². The summed E-state index contributed by atoms with van der Waals surface area (Å²) in [5, 5.41) is 5.51. The van der Waals surface area contributed by atoms with Gasteiger partial charge in [-0.1, -0.05) is 24.3 Å². The van der Waals surface area contributed by atoms with E-state index in [9.17, 15) is 9.59 Å². The van der Waals surface area contributed by atoms with Gasteiger partial charge in [0, 0.05) is 24.0 Å². The van der Waals surface area contributed by atoms with Crippen molar-refractivity contribution in [2.45, 2.75) is 0 Å². The normalized spacial score (nSPS) is 10.2. The Hall–Kier alpha value is -3.64. The Kier molecular flexibility index (Phi) is 6.38. The summed E-state index contributed by atoms with van der Waals surface area (Å²) in [6.45, 7) is -0.0337. The molecule has 0 aliphatic carbocycles. The average Bonchev–Trinajstić information content (AvgIpc) is 2.70. The van der Waals surface area contributed by atoms with Gasteiger partial charge in [0.05, 0.1) is 0 Å². The number of carbonyl (C=O) groups excluding carboxylic acids is 2. The number of rotatable bonds is 7. The number of amides is 2. The van der Waals surface area contributed by atoms with E-state index in [-0.39, 0.29) is 18.4 Å². The lowest BCUT2D eigenvalue weighted by atomic mass is 10.2. The van der Waals surface area contributed by atoms with Gasteiger partial charge >= 0.3 is 0 Å². The smallest absolute Gasteiger partial charge is 0.255 e. The van der Waals surface area contributed by atoms with E-state index in [2.05, 4.69) is 10.6 Å². The van der Waals surface area contributed by atoms with Crippen molar-refractivity contribution in [2.75, 3.05) is 24.4 Å². The third-order valence-corrected chi connectivity index (χ3v) is 3.78. The predicted octanol–water partition coefficient (Wildman–Crippen LogP) is 4.32. The Bertz CT molecular complexity index is 940. The molecule has 0 aromatic heterocycles. The number of hydrogen-bond acceptors (Lipinski definition) is 4. The molecule has 0 aliphatic heterocycles. The van der Waals surface area contributed by atoms with Crippen LogP contribution in [0.2, 0.25) is 0 Å². The van der Waals surface area contributed by atoms with E-state index in [1.165, 1.54) is 7.11 Å². The Labute approximate surface area is 163 Å². The lowest BCUT2D eigenvalue weighted by Gasteiger charge is -2.09. The Morgan fingerprint density at radius 3 is 2.11 bits per heavy atom. The van der Waals surface area contributed by atoms with Gasteiger partial charge in [0.25, 0.3) is 5.91 Å². The summed E-state index contributed by atoms with van der Waals surface area (Å²) >= 11 is 0. The second-order valence-corrected chi connectivity index (χ2v) is 5.96. The molecule has 0 saturated carbocycles. The van der Waals surface area contributed by atoms with Crippen LogP contribution >= 0.6 is 0 Å². The minimum atomic E-state index is -0.264. The average molecular weight is 376 g/mol. The van der Waals surface area contributed by atoms with Crippen LogP contribution in [0.5, 0.6) is 11.5 Å². The first-order chi connectivity index (χ1) is 13.6. The van der Waals surface area contributed by atoms with Crippen LogP contribution in [0, 0.1) is 0 Å². The molecule has 3 rings (SSSR count). The van der Waals surface area contributed by atoms with Crippen LogP contribution in [-0.4, -0.2) is 25.5 Å². The molecule has 0 heterocycles. The molecular formula is C22H20N2O4. The largest absolute Gasteiger partial charge is 0.457 e. The number of anilines is 2. The molecule has 0 fully saturated rings. The van der Waals surface area contributed by atoms with E-state index < -0.39 is 0 Å². The van der Waals surface area contributed by atoms with Gasteiger partial charge in [0.1, 0.15) is 18.1 Å². The molecule has 0 radical (unpaired) electrons. The highest BCUT2D eigenvalue weighted by atomic mass is 16.5. The standard InChI is InChI=1S/C22H20N2O4/c1-27-15-21(25)23-17-6-5-7-18(14-17)24-22(26)16-10-12-20(13-11-16)28-19-8-3-2-4-9-19/h2-14H,15H2,1H3,(H,23,25)(H,24,26). The van der Waals surface area contributed by atoms with Crippen molar-refractivity contribution < 1.29 is 19.1 Å². The first-order valence-corrected chi connectivity index (χ1v) is 8.67. The maximum atomic E-state index is 12.5. The molecule has 0 unspecified atom stereocenters. The summed E-state index contributed by atoms with van der Waals surface area (Å²) in [7, 11) is 1.45. The second kappa shape index (κ2) is 9.34. The molecule has 0 spiro atoms. The molecule has 2 N–H and O–H groups in total. The van der Waals surface area contributed by atoms with Gasteiger partial charge in [-0.15, -0.1) is 0 Å². The summed E-state index contributed by atoms with van der Waals surface area (Å²) in [6.07, 6.45) is 0. The number of hydrogen-bond donors (Lipinski definition) is 2. The van der Waals surface area contributed by atoms with Crippen LogP contribution in [0.1, 0.15) is 10.4 Å². The van der Waals surface area contributed by atoms with Crippen molar-refractivity contribution in [1.29, 1.82) is 0 Å². The van der Waals surface area contributed by atoms with Crippen LogP contribution in [0.25, 0.3) is 0 Å². The Morgan fingerprint density at radius 2 is 1.43 bits per heavy atom. The highest BCUT2D eigenvalue weighted by molar-refractivity contribution is 6.04. The summed E-state index contributed by atoms with van der Waals surface area (Å²) in [5.74, 6) is 0.851. The third-order valence-electron chi connectivity index (χ3n) is 3.78. The minimum Gasteiger partial charge on any atom is -0.457 e. The number of benzene rings is 3. The van der Waals surface area contributed by atoms with E-state index in [0.29, 0.717) is 22.7 Å². The molecule has 6 nitrogen and oxygen atoms in total. The molecule has 28 heavy (non-hydrogen) atoms. The maximum Gasteiger partial charge on any atom is 0.255 e. The summed E-state index contributed by atoms with van der Waals surface area (Å²) < 4.78 is 10.5. The fourth-order valence-electron chi connectivity index (χ4n) is 2.51. The molecule has 0 saturated heterocycles. The number of ether oxygens (including phenoxy) is 2. The molecule has 3 aromatic carbocycles. The Balaban J connectivity index is 1.62. The summed E-state index contributed by atoms with van der Waals surface area (Å²) in [5.41, 5.74) is 1.64. The van der Waals surface area contributed by atoms with Crippen molar-refractivity contribution in [3.63, 3.8) is 0 Å². The molecule has 0 aliphatic rings. The van der Waals surface area contributed by atoms with Gasteiger partial charge in [0.15, 0.2) is 0 Å². The molecular weight excluding hydrogens is 356 g/mol. The van der Waals surface area contributed by atoms with Gasteiger partial charge in [-0.25, -0.2) is 0 Å². The third kappa shape index (κ3) is 5.43. The topological polar surface area (TPSA) is 76.7 Å². The lowest BCUT2D eigenvalue weighted by molar-refractivity contribution is -0.119. The lowest BCUT2D eigenvalue weighted by Crippen LogP contribution is -2.17. The number of methoxy groups -OCH3 is 1. The SMILES string of the molecule is COCC(=O)Nc1cccc(NC(=O)c2ccc(Oc3ccccc3)cc2)c1. The minimum absolute atomic E-state index is 0.0337. The van der Waals surface area contributed by atoms with Crippen molar-refractivity contribution in [1.82, 2.24) is 0 Å². The highest BCUT2D eigenvalue weighted by Crippen LogP contribution is 2.22. The van der Waals surface area contributed by atoms with Crippen LogP contribution in [-0.2, 0) is 9.53 Å². The first-order valence-electron chi connectivity index (χ1n) is 8.67. The number of para-hydroxylation sites is 1. The maximum absolute atomic E-state index is 12.5. The van der Waals surface area contributed by atoms with Gasteiger partial charge in [0.2, 0.25) is 5.91 Å². The van der Waals surface area contributed by atoms with Gasteiger partial charge in [-0.05, 0) is 54.6 Å². The first kappa shape index (κ1) is 19.1. The molecule has 2 amide bonds. The zero-order valence-corrected chi connectivity index (χ0v) is 15.3. The number of carbonyl (C=O) groups is 2. The predicted molar refractivity (Wildman–Crippen MR) is 108 cm³/mol. The van der Waals surface area contributed by atoms with Crippen molar-refractivity contribution >= 4 is 23.2 Å². The van der Waals surface area contributed by atoms with Crippen LogP contribution in [0.15, 0.2) is 78.9 Å². The molecule has 3 aromatic rings. The van der Waals surface area contributed by atoms with Crippen LogP contribution < -0.4 is 15.4 Å². The zero-order chi connectivity index (χ0) is 19.8. The van der Waals surface area contributed by atoms with E-state index in [1.807, 2.05) is 30.3 Å². The van der Waals surface area contributed by atoms with Gasteiger partial charge < -0.3 is 20.1 Å². The van der Waals surface area contributed by atoms with Crippen LogP contribution in [0.4, 0.5) is 11.4 Å². The molecule has 0 bridgehead atoms. The quantitative estimate of drug-likeness (QED) is 0.644. The van der Waals surface area contributed by atoms with Crippen LogP contribution in [0.3, 0.4) is 0 Å². The van der Waals surface area contributed by atoms with E-state index in [1.54, 1.807) is 48.5 Å². The molecule has 6 heteroatoms. The highest BCUT2D eigenvalue weighted by Gasteiger charge is 2.08. The second-order valence-electron chi connectivity index (χ2n) is 5.96. The van der Waals surface area contributed by atoms with Crippen molar-refractivity contribution in [3.8, 4) is 11.5 Å². The monoisotopic (exact) mass is 376 g/mol. The molecule has 0 atom stereocenters. The van der Waals surface area contributed by atoms with Gasteiger partial charge in [-0.3, -0.25) is 9.59 Å². The summed E-state index contributed by atoms with van der Waals surface area (Å²) in [4.78, 5) is 24.1. The van der Waals surface area contributed by atoms with Crippen molar-refractivity contribution in [3.05, 3.63) is 84.4 Å². The summed E-state index contributed by atoms with van der Waals surface area (Å²) in [6, 6.07) is 23.2.